The van der Waals surface area contributed by atoms with Gasteiger partial charge in [0.1, 0.15) is 28.5 Å². The van der Waals surface area contributed by atoms with E-state index in [1.165, 1.54) is 24.3 Å². The second-order valence-electron chi connectivity index (χ2n) is 6.91. The van der Waals surface area contributed by atoms with Crippen molar-refractivity contribution >= 4 is 38.7 Å². The van der Waals surface area contributed by atoms with Gasteiger partial charge in [-0.05, 0) is 44.2 Å². The van der Waals surface area contributed by atoms with E-state index in [1.54, 1.807) is 13.8 Å². The quantitative estimate of drug-likeness (QED) is 0.432. The maximum Gasteiger partial charge on any atom is 0.412 e. The van der Waals surface area contributed by atoms with Crippen LogP contribution in [0.3, 0.4) is 0 Å². The monoisotopic (exact) mass is 450 g/mol. The highest BCUT2D eigenvalue weighted by Gasteiger charge is 2.27. The van der Waals surface area contributed by atoms with Crippen LogP contribution in [-0.2, 0) is 14.8 Å². The van der Waals surface area contributed by atoms with Crippen molar-refractivity contribution in [1.29, 1.82) is 0 Å². The number of benzene rings is 2. The van der Waals surface area contributed by atoms with E-state index in [0.717, 1.165) is 18.4 Å². The number of carbonyl (C=O) groups excluding carboxylic acids is 2. The van der Waals surface area contributed by atoms with Crippen LogP contribution in [-0.4, -0.2) is 32.8 Å². The Kier molecular flexibility index (Phi) is 5.89. The summed E-state index contributed by atoms with van der Waals surface area (Å²) in [6, 6.07) is 7.79. The molecule has 0 bridgehead atoms. The second-order valence-corrected chi connectivity index (χ2v) is 8.66. The summed E-state index contributed by atoms with van der Waals surface area (Å²) < 4.78 is 55.2. The van der Waals surface area contributed by atoms with E-state index in [1.807, 2.05) is 0 Å². The Hall–Kier alpha value is -3.60. The third-order valence-electron chi connectivity index (χ3n) is 3.95. The van der Waals surface area contributed by atoms with Gasteiger partial charge in [0, 0.05) is 17.0 Å². The number of rotatable bonds is 6. The lowest BCUT2D eigenvalue weighted by atomic mass is 10.0. The van der Waals surface area contributed by atoms with E-state index in [9.17, 15) is 22.4 Å². The Balaban J connectivity index is 2.31. The van der Waals surface area contributed by atoms with Crippen molar-refractivity contribution in [3.8, 4) is 17.1 Å². The van der Waals surface area contributed by atoms with Crippen LogP contribution in [0.15, 0.2) is 40.8 Å². The fourth-order valence-corrected chi connectivity index (χ4v) is 3.46. The normalized spacial score (nSPS) is 11.5. The first-order valence-electron chi connectivity index (χ1n) is 8.97. The fraction of sp³-hybridized carbons (Fsp3) is 0.200. The molecule has 0 saturated heterocycles. The lowest BCUT2D eigenvalue weighted by Crippen LogP contribution is -2.18. The number of fused-ring (bicyclic) bond motifs is 1. The van der Waals surface area contributed by atoms with Crippen LogP contribution < -0.4 is 15.2 Å². The number of hydrogen-bond donors (Lipinski definition) is 2. The second kappa shape index (κ2) is 8.26. The largest absolute Gasteiger partial charge is 0.489 e. The van der Waals surface area contributed by atoms with Gasteiger partial charge in [0.25, 0.3) is 0 Å². The maximum absolute atomic E-state index is 13.4. The van der Waals surface area contributed by atoms with Gasteiger partial charge in [0.15, 0.2) is 0 Å². The molecule has 3 N–H and O–H groups in total. The van der Waals surface area contributed by atoms with Gasteiger partial charge in [-0.1, -0.05) is 0 Å². The van der Waals surface area contributed by atoms with Crippen molar-refractivity contribution in [3.63, 3.8) is 0 Å². The Bertz CT molecular complexity index is 1260. The third-order valence-corrected chi connectivity index (χ3v) is 4.54. The van der Waals surface area contributed by atoms with E-state index >= 15 is 0 Å². The highest BCUT2D eigenvalue weighted by Crippen LogP contribution is 2.40. The van der Waals surface area contributed by atoms with E-state index in [0.29, 0.717) is 5.56 Å². The summed E-state index contributed by atoms with van der Waals surface area (Å²) in [5.74, 6) is -1.50. The number of nitrogens with one attached hydrogen (secondary N) is 1. The summed E-state index contributed by atoms with van der Waals surface area (Å²) in [4.78, 5) is 23.8. The van der Waals surface area contributed by atoms with Crippen molar-refractivity contribution in [2.45, 2.75) is 20.0 Å². The van der Waals surface area contributed by atoms with E-state index in [4.69, 9.17) is 14.9 Å². The lowest BCUT2D eigenvalue weighted by molar-refractivity contribution is 0.0640. The molecule has 0 fully saturated rings. The summed E-state index contributed by atoms with van der Waals surface area (Å²) in [7, 11) is -3.66. The minimum atomic E-state index is -3.66. The lowest BCUT2D eigenvalue weighted by Gasteiger charge is -2.15. The number of esters is 1. The van der Waals surface area contributed by atoms with E-state index < -0.39 is 27.9 Å². The topological polar surface area (TPSA) is 138 Å². The highest BCUT2D eigenvalue weighted by molar-refractivity contribution is 7.92. The van der Waals surface area contributed by atoms with Crippen LogP contribution in [0.4, 0.5) is 14.9 Å². The van der Waals surface area contributed by atoms with Crippen LogP contribution >= 0.6 is 0 Å². The van der Waals surface area contributed by atoms with Crippen LogP contribution in [0.2, 0.25) is 0 Å². The first kappa shape index (κ1) is 22.1. The molecule has 3 rings (SSSR count). The van der Waals surface area contributed by atoms with Gasteiger partial charge in [0.2, 0.25) is 10.0 Å². The number of nitrogens with two attached hydrogens (primary N) is 1. The first-order chi connectivity index (χ1) is 14.4. The average Bonchev–Trinajstić information content (AvgIpc) is 2.98. The van der Waals surface area contributed by atoms with Crippen LogP contribution in [0.1, 0.15) is 24.2 Å². The summed E-state index contributed by atoms with van der Waals surface area (Å²) >= 11 is 0. The molecule has 9 nitrogen and oxygen atoms in total. The number of sulfonamides is 1. The molecule has 0 spiro atoms. The standard InChI is InChI=1S/C20H19FN2O7S/c1-10(2)28-16-8-13-15(9-14(16)23-31(3,26)27)29-18(11-4-6-12(21)7-5-11)17(13)19(24)30-20(22)25/h4-10,23H,1-3H3,(H2,22,25). The van der Waals surface area contributed by atoms with Gasteiger partial charge in [-0.25, -0.2) is 22.4 Å². The molecule has 0 aliphatic heterocycles. The molecule has 1 heterocycles. The summed E-state index contributed by atoms with van der Waals surface area (Å²) in [5.41, 5.74) is 5.32. The van der Waals surface area contributed by atoms with Crippen molar-refractivity contribution in [2.24, 2.45) is 5.73 Å². The molecule has 0 saturated carbocycles. The van der Waals surface area contributed by atoms with Crippen molar-refractivity contribution in [1.82, 2.24) is 0 Å². The zero-order chi connectivity index (χ0) is 22.9. The Labute approximate surface area is 177 Å². The molecule has 0 radical (unpaired) electrons. The first-order valence-corrected chi connectivity index (χ1v) is 10.9. The molecule has 31 heavy (non-hydrogen) atoms. The summed E-state index contributed by atoms with van der Waals surface area (Å²) in [6.45, 7) is 3.46. The van der Waals surface area contributed by atoms with Crippen LogP contribution in [0.5, 0.6) is 5.75 Å². The number of amides is 1. The van der Waals surface area contributed by atoms with Crippen LogP contribution in [0, 0.1) is 5.82 Å². The molecular weight excluding hydrogens is 431 g/mol. The zero-order valence-electron chi connectivity index (χ0n) is 16.8. The summed E-state index contributed by atoms with van der Waals surface area (Å²) in [6.07, 6.45) is -0.682. The SMILES string of the molecule is CC(C)Oc1cc2c(C(=O)OC(N)=O)c(-c3ccc(F)cc3)oc2cc1NS(C)(=O)=O. The van der Waals surface area contributed by atoms with Crippen molar-refractivity contribution < 1.29 is 36.3 Å². The Morgan fingerprint density at radius 2 is 1.81 bits per heavy atom. The van der Waals surface area contributed by atoms with Gasteiger partial charge in [-0.2, -0.15) is 0 Å². The third kappa shape index (κ3) is 5.12. The minimum absolute atomic E-state index is 0.0201. The number of halogens is 1. The number of ether oxygens (including phenoxy) is 2. The van der Waals surface area contributed by atoms with Crippen molar-refractivity contribution in [2.75, 3.05) is 11.0 Å². The summed E-state index contributed by atoms with van der Waals surface area (Å²) in [5, 5.41) is 0.181. The smallest absolute Gasteiger partial charge is 0.412 e. The predicted molar refractivity (Wildman–Crippen MR) is 111 cm³/mol. The molecule has 1 amide bonds. The number of hydrogen-bond acceptors (Lipinski definition) is 7. The van der Waals surface area contributed by atoms with E-state index in [-0.39, 0.29) is 39.8 Å². The number of carbonyl (C=O) groups is 2. The van der Waals surface area contributed by atoms with Crippen molar-refractivity contribution in [3.05, 3.63) is 47.8 Å². The predicted octanol–water partition coefficient (Wildman–Crippen LogP) is 3.63. The molecule has 0 atom stereocenters. The highest BCUT2D eigenvalue weighted by atomic mass is 32.2. The van der Waals surface area contributed by atoms with Crippen LogP contribution in [0.25, 0.3) is 22.3 Å². The molecule has 0 aliphatic rings. The Morgan fingerprint density at radius 3 is 2.35 bits per heavy atom. The number of furan rings is 1. The van der Waals surface area contributed by atoms with Gasteiger partial charge in [-0.15, -0.1) is 0 Å². The van der Waals surface area contributed by atoms with Gasteiger partial charge < -0.3 is 19.6 Å². The Morgan fingerprint density at radius 1 is 1.16 bits per heavy atom. The maximum atomic E-state index is 13.4. The fourth-order valence-electron chi connectivity index (χ4n) is 2.90. The molecule has 11 heteroatoms. The molecule has 0 aliphatic carbocycles. The minimum Gasteiger partial charge on any atom is -0.489 e. The molecule has 164 valence electrons. The molecule has 1 aromatic heterocycles. The molecular formula is C20H19FN2O7S. The molecule has 3 aromatic rings. The zero-order valence-corrected chi connectivity index (χ0v) is 17.6. The average molecular weight is 450 g/mol. The van der Waals surface area contributed by atoms with Gasteiger partial charge >= 0.3 is 12.1 Å². The number of anilines is 1. The van der Waals surface area contributed by atoms with Gasteiger partial charge in [-0.3, -0.25) is 4.72 Å². The van der Waals surface area contributed by atoms with E-state index in [2.05, 4.69) is 9.46 Å². The molecule has 2 aromatic carbocycles. The van der Waals surface area contributed by atoms with Gasteiger partial charge in [0.05, 0.1) is 18.0 Å². The molecule has 0 unspecified atom stereocenters. The number of primary amides is 1.